The fourth-order valence-corrected chi connectivity index (χ4v) is 3.66. The maximum atomic E-state index is 14.1. The minimum absolute atomic E-state index is 0.115. The minimum Gasteiger partial charge on any atom is -0.340 e. The fourth-order valence-electron chi connectivity index (χ4n) is 3.66. The van der Waals surface area contributed by atoms with Gasteiger partial charge in [0, 0.05) is 24.7 Å². The molecule has 3 nitrogen and oxygen atoms in total. The number of rotatable bonds is 3. The first-order valence-corrected chi connectivity index (χ1v) is 7.66. The Morgan fingerprint density at radius 3 is 2.48 bits per heavy atom. The second kappa shape index (κ2) is 5.09. The number of likely N-dealkylation sites (tertiary alicyclic amines) is 1. The predicted octanol–water partition coefficient (Wildman–Crippen LogP) is 2.27. The van der Waals surface area contributed by atoms with E-state index in [9.17, 15) is 9.18 Å². The molecule has 1 aliphatic carbocycles. The van der Waals surface area contributed by atoms with E-state index in [1.54, 1.807) is 12.1 Å². The molecule has 1 aromatic carbocycles. The van der Waals surface area contributed by atoms with Gasteiger partial charge in [-0.25, -0.2) is 4.39 Å². The number of likely N-dealkylation sites (N-methyl/N-ethyl adjacent to an activating group) is 1. The Hall–Kier alpha value is -1.42. The summed E-state index contributed by atoms with van der Waals surface area (Å²) in [7, 11) is 4.11. The highest BCUT2D eigenvalue weighted by Gasteiger charge is 2.55. The van der Waals surface area contributed by atoms with Gasteiger partial charge in [-0.3, -0.25) is 4.79 Å². The summed E-state index contributed by atoms with van der Waals surface area (Å²) >= 11 is 0. The first kappa shape index (κ1) is 14.5. The number of hydrogen-bond acceptors (Lipinski definition) is 2. The van der Waals surface area contributed by atoms with Crippen molar-refractivity contribution in [3.8, 4) is 0 Å². The van der Waals surface area contributed by atoms with Gasteiger partial charge in [-0.2, -0.15) is 0 Å². The number of nitrogens with zero attached hydrogens (tertiary/aromatic N) is 2. The van der Waals surface area contributed by atoms with Crippen LogP contribution in [0.15, 0.2) is 24.3 Å². The van der Waals surface area contributed by atoms with Crippen LogP contribution >= 0.6 is 0 Å². The number of amides is 1. The highest BCUT2D eigenvalue weighted by Crippen LogP contribution is 2.51. The van der Waals surface area contributed by atoms with Crippen LogP contribution in [0.4, 0.5) is 4.39 Å². The van der Waals surface area contributed by atoms with Crippen LogP contribution in [0.5, 0.6) is 0 Å². The number of carbonyl (C=O) groups excluding carboxylic acids is 1. The fraction of sp³-hybridized carbons (Fsp3) is 0.588. The van der Waals surface area contributed by atoms with Gasteiger partial charge in [0.25, 0.3) is 0 Å². The molecule has 21 heavy (non-hydrogen) atoms. The minimum atomic E-state index is -0.591. The molecule has 0 spiro atoms. The normalized spacial score (nSPS) is 27.2. The third kappa shape index (κ3) is 2.35. The molecule has 1 amide bonds. The third-order valence-corrected chi connectivity index (χ3v) is 5.07. The zero-order valence-corrected chi connectivity index (χ0v) is 13.0. The van der Waals surface area contributed by atoms with Crippen LogP contribution in [-0.4, -0.2) is 48.9 Å². The maximum absolute atomic E-state index is 14.1. The van der Waals surface area contributed by atoms with E-state index < -0.39 is 5.41 Å². The molecule has 1 aliphatic heterocycles. The van der Waals surface area contributed by atoms with Gasteiger partial charge >= 0.3 is 0 Å². The molecule has 1 aromatic rings. The van der Waals surface area contributed by atoms with E-state index in [-0.39, 0.29) is 11.7 Å². The third-order valence-electron chi connectivity index (χ3n) is 5.07. The number of carbonyl (C=O) groups is 1. The Labute approximate surface area is 125 Å². The van der Waals surface area contributed by atoms with Crippen molar-refractivity contribution in [3.05, 3.63) is 35.6 Å². The summed E-state index contributed by atoms with van der Waals surface area (Å²) in [5.74, 6) is 0.323. The second-order valence-electron chi connectivity index (χ2n) is 6.78. The van der Waals surface area contributed by atoms with Crippen LogP contribution in [0.2, 0.25) is 0 Å². The van der Waals surface area contributed by atoms with Gasteiger partial charge in [-0.05, 0) is 38.9 Å². The van der Waals surface area contributed by atoms with Gasteiger partial charge < -0.3 is 9.80 Å². The molecule has 2 atom stereocenters. The van der Waals surface area contributed by atoms with Crippen molar-refractivity contribution in [2.24, 2.45) is 5.92 Å². The van der Waals surface area contributed by atoms with Crippen LogP contribution in [-0.2, 0) is 10.2 Å². The van der Waals surface area contributed by atoms with Crippen molar-refractivity contribution in [1.82, 2.24) is 9.80 Å². The van der Waals surface area contributed by atoms with Crippen molar-refractivity contribution in [1.29, 1.82) is 0 Å². The van der Waals surface area contributed by atoms with Crippen molar-refractivity contribution < 1.29 is 9.18 Å². The summed E-state index contributed by atoms with van der Waals surface area (Å²) in [5.41, 5.74) is -0.0114. The SMILES string of the molecule is CC1CN(C(=O)C2(c3ccccc3F)CC2)CC1N(C)C. The molecule has 4 heteroatoms. The molecule has 1 saturated carbocycles. The summed E-state index contributed by atoms with van der Waals surface area (Å²) in [4.78, 5) is 17.1. The first-order chi connectivity index (χ1) is 9.95. The van der Waals surface area contributed by atoms with Crippen molar-refractivity contribution in [2.75, 3.05) is 27.2 Å². The van der Waals surface area contributed by atoms with Crippen LogP contribution in [0, 0.1) is 11.7 Å². The Balaban J connectivity index is 1.82. The molecule has 0 radical (unpaired) electrons. The molecular formula is C17H23FN2O. The van der Waals surface area contributed by atoms with E-state index in [4.69, 9.17) is 0 Å². The van der Waals surface area contributed by atoms with Crippen molar-refractivity contribution in [2.45, 2.75) is 31.2 Å². The van der Waals surface area contributed by atoms with E-state index in [1.165, 1.54) is 6.07 Å². The van der Waals surface area contributed by atoms with Crippen molar-refractivity contribution >= 4 is 5.91 Å². The lowest BCUT2D eigenvalue weighted by molar-refractivity contribution is -0.133. The second-order valence-corrected chi connectivity index (χ2v) is 6.78. The molecule has 3 rings (SSSR count). The van der Waals surface area contributed by atoms with Crippen LogP contribution in [0.25, 0.3) is 0 Å². The Kier molecular flexibility index (Phi) is 3.52. The smallest absolute Gasteiger partial charge is 0.233 e. The van der Waals surface area contributed by atoms with E-state index >= 15 is 0 Å². The highest BCUT2D eigenvalue weighted by atomic mass is 19.1. The molecule has 0 bridgehead atoms. The van der Waals surface area contributed by atoms with Gasteiger partial charge in [0.15, 0.2) is 0 Å². The van der Waals surface area contributed by atoms with Gasteiger partial charge in [-0.15, -0.1) is 0 Å². The molecule has 1 heterocycles. The molecule has 2 aliphatic rings. The lowest BCUT2D eigenvalue weighted by Crippen LogP contribution is -2.40. The van der Waals surface area contributed by atoms with E-state index in [0.717, 1.165) is 25.9 Å². The Bertz CT molecular complexity index is 553. The number of halogens is 1. The average Bonchev–Trinajstić information content (AvgIpc) is 3.15. The lowest BCUT2D eigenvalue weighted by Gasteiger charge is -2.25. The monoisotopic (exact) mass is 290 g/mol. The van der Waals surface area contributed by atoms with Gasteiger partial charge in [0.05, 0.1) is 5.41 Å². The van der Waals surface area contributed by atoms with E-state index in [2.05, 4.69) is 25.9 Å². The van der Waals surface area contributed by atoms with Gasteiger partial charge in [0.1, 0.15) is 5.82 Å². The van der Waals surface area contributed by atoms with Crippen molar-refractivity contribution in [3.63, 3.8) is 0 Å². The molecule has 2 fully saturated rings. The predicted molar refractivity (Wildman–Crippen MR) is 80.5 cm³/mol. The summed E-state index contributed by atoms with van der Waals surface area (Å²) in [5, 5.41) is 0. The molecule has 1 saturated heterocycles. The first-order valence-electron chi connectivity index (χ1n) is 7.66. The largest absolute Gasteiger partial charge is 0.340 e. The van der Waals surface area contributed by atoms with Gasteiger partial charge in [-0.1, -0.05) is 25.1 Å². The summed E-state index contributed by atoms with van der Waals surface area (Å²) in [6.45, 7) is 3.71. The van der Waals surface area contributed by atoms with Crippen LogP contribution in [0.3, 0.4) is 0 Å². The number of benzene rings is 1. The maximum Gasteiger partial charge on any atom is 0.233 e. The quantitative estimate of drug-likeness (QED) is 0.852. The van der Waals surface area contributed by atoms with E-state index in [0.29, 0.717) is 17.5 Å². The molecule has 0 N–H and O–H groups in total. The van der Waals surface area contributed by atoms with E-state index in [1.807, 2.05) is 11.0 Å². The van der Waals surface area contributed by atoms with Crippen LogP contribution in [0.1, 0.15) is 25.3 Å². The Morgan fingerprint density at radius 2 is 1.95 bits per heavy atom. The molecular weight excluding hydrogens is 267 g/mol. The highest BCUT2D eigenvalue weighted by molar-refractivity contribution is 5.91. The Morgan fingerprint density at radius 1 is 1.29 bits per heavy atom. The average molecular weight is 290 g/mol. The number of hydrogen-bond donors (Lipinski definition) is 0. The zero-order chi connectivity index (χ0) is 15.2. The summed E-state index contributed by atoms with van der Waals surface area (Å²) < 4.78 is 14.1. The van der Waals surface area contributed by atoms with Gasteiger partial charge in [0.2, 0.25) is 5.91 Å². The lowest BCUT2D eigenvalue weighted by atomic mass is 9.94. The summed E-state index contributed by atoms with van der Waals surface area (Å²) in [6, 6.07) is 7.12. The topological polar surface area (TPSA) is 23.6 Å². The zero-order valence-electron chi connectivity index (χ0n) is 13.0. The molecule has 114 valence electrons. The van der Waals surface area contributed by atoms with Crippen LogP contribution < -0.4 is 0 Å². The standard InChI is InChI=1S/C17H23FN2O/c1-12-10-20(11-15(12)19(2)3)16(21)17(8-9-17)13-6-4-5-7-14(13)18/h4-7,12,15H,8-11H2,1-3H3. The summed E-state index contributed by atoms with van der Waals surface area (Å²) in [6.07, 6.45) is 1.54. The molecule has 0 aromatic heterocycles. The molecule has 2 unspecified atom stereocenters.